The van der Waals surface area contributed by atoms with Gasteiger partial charge in [-0.1, -0.05) is 17.7 Å². The summed E-state index contributed by atoms with van der Waals surface area (Å²) in [6.45, 7) is 3.63. The largest absolute Gasteiger partial charge is 0.322 e. The van der Waals surface area contributed by atoms with Gasteiger partial charge in [-0.25, -0.2) is 9.55 Å². The molecule has 0 radical (unpaired) electrons. The van der Waals surface area contributed by atoms with Crippen LogP contribution in [0.2, 0.25) is 5.02 Å². The molecule has 3 aromatic rings. The van der Waals surface area contributed by atoms with E-state index in [4.69, 9.17) is 17.3 Å². The topological polar surface area (TPSA) is 89.6 Å². The number of aromatic nitrogens is 4. The van der Waals surface area contributed by atoms with Gasteiger partial charge < -0.3 is 5.73 Å². The van der Waals surface area contributed by atoms with Gasteiger partial charge in [0.15, 0.2) is 5.82 Å². The molecule has 0 aliphatic carbocycles. The fourth-order valence-electron chi connectivity index (χ4n) is 2.25. The number of hydrogen-bond donors (Lipinski definition) is 2. The fourth-order valence-corrected chi connectivity index (χ4v) is 2.50. The van der Waals surface area contributed by atoms with Crippen molar-refractivity contribution in [3.8, 4) is 5.82 Å². The molecule has 0 saturated carbocycles. The normalized spacial score (nSPS) is 12.8. The van der Waals surface area contributed by atoms with E-state index in [1.54, 1.807) is 31.2 Å². The number of halogens is 1. The Balaban J connectivity index is 2.46. The van der Waals surface area contributed by atoms with E-state index >= 15 is 0 Å². The van der Waals surface area contributed by atoms with E-state index in [1.807, 2.05) is 6.92 Å². The maximum absolute atomic E-state index is 12.8. The molecule has 0 spiro atoms. The molecule has 3 rings (SSSR count). The molecule has 6 nitrogen and oxygen atoms in total. The lowest BCUT2D eigenvalue weighted by Gasteiger charge is -2.14. The van der Waals surface area contributed by atoms with Crippen molar-refractivity contribution < 1.29 is 0 Å². The highest BCUT2D eigenvalue weighted by Crippen LogP contribution is 2.21. The first-order chi connectivity index (χ1) is 9.99. The van der Waals surface area contributed by atoms with Crippen LogP contribution in [0.25, 0.3) is 16.7 Å². The van der Waals surface area contributed by atoms with E-state index in [9.17, 15) is 4.79 Å². The van der Waals surface area contributed by atoms with Gasteiger partial charge in [0.05, 0.1) is 22.0 Å². The summed E-state index contributed by atoms with van der Waals surface area (Å²) < 4.78 is 1.41. The number of nitrogens with zero attached hydrogens (tertiary/aromatic N) is 3. The summed E-state index contributed by atoms with van der Waals surface area (Å²) in [7, 11) is 0. The molecule has 1 atom stereocenters. The summed E-state index contributed by atoms with van der Waals surface area (Å²) in [6.07, 6.45) is 0. The molecule has 0 fully saturated rings. The van der Waals surface area contributed by atoms with Crippen molar-refractivity contribution in [2.45, 2.75) is 19.9 Å². The second kappa shape index (κ2) is 4.98. The minimum absolute atomic E-state index is 0.274. The number of hydrogen-bond acceptors (Lipinski definition) is 4. The van der Waals surface area contributed by atoms with Crippen LogP contribution in [-0.2, 0) is 0 Å². The Hall–Kier alpha value is -2.18. The van der Waals surface area contributed by atoms with Crippen molar-refractivity contribution in [1.29, 1.82) is 0 Å². The predicted octanol–water partition coefficient (Wildman–Crippen LogP) is 2.09. The smallest absolute Gasteiger partial charge is 0.268 e. The number of nitrogens with two attached hydrogens (primary N) is 1. The monoisotopic (exact) mass is 303 g/mol. The Morgan fingerprint density at radius 2 is 2.19 bits per heavy atom. The van der Waals surface area contributed by atoms with Crippen LogP contribution in [0.5, 0.6) is 0 Å². The first-order valence-corrected chi connectivity index (χ1v) is 6.86. The molecular formula is C14H14ClN5O. The Morgan fingerprint density at radius 1 is 1.43 bits per heavy atom. The van der Waals surface area contributed by atoms with Gasteiger partial charge in [0.25, 0.3) is 5.56 Å². The molecule has 2 aromatic heterocycles. The van der Waals surface area contributed by atoms with Crippen LogP contribution >= 0.6 is 11.6 Å². The summed E-state index contributed by atoms with van der Waals surface area (Å²) in [5, 5.41) is 7.67. The van der Waals surface area contributed by atoms with Gasteiger partial charge in [0.1, 0.15) is 5.82 Å². The average molecular weight is 304 g/mol. The number of aryl methyl sites for hydroxylation is 1. The Labute approximate surface area is 125 Å². The summed E-state index contributed by atoms with van der Waals surface area (Å²) >= 11 is 6.15. The molecule has 1 aromatic carbocycles. The average Bonchev–Trinajstić information content (AvgIpc) is 2.84. The number of benzene rings is 1. The second-order valence-corrected chi connectivity index (χ2v) is 5.35. The molecule has 0 bridgehead atoms. The summed E-state index contributed by atoms with van der Waals surface area (Å²) in [4.78, 5) is 17.3. The van der Waals surface area contributed by atoms with E-state index in [1.165, 1.54) is 4.57 Å². The summed E-state index contributed by atoms with van der Waals surface area (Å²) in [5.74, 6) is 0.903. The highest BCUT2D eigenvalue weighted by atomic mass is 35.5. The van der Waals surface area contributed by atoms with E-state index in [-0.39, 0.29) is 5.56 Å². The van der Waals surface area contributed by atoms with Crippen LogP contribution in [0, 0.1) is 6.92 Å². The van der Waals surface area contributed by atoms with Gasteiger partial charge in [0, 0.05) is 11.8 Å². The zero-order valence-electron chi connectivity index (χ0n) is 11.6. The second-order valence-electron chi connectivity index (χ2n) is 4.94. The lowest BCUT2D eigenvalue weighted by Crippen LogP contribution is -2.28. The molecule has 0 amide bonds. The quantitative estimate of drug-likeness (QED) is 0.758. The molecule has 21 heavy (non-hydrogen) atoms. The minimum Gasteiger partial charge on any atom is -0.322 e. The predicted molar refractivity (Wildman–Crippen MR) is 81.8 cm³/mol. The van der Waals surface area contributed by atoms with Crippen LogP contribution in [0.15, 0.2) is 29.1 Å². The number of H-pyrrole nitrogens is 1. The molecule has 0 aliphatic rings. The fraction of sp³-hybridized carbons (Fsp3) is 0.214. The maximum atomic E-state index is 12.8. The van der Waals surface area contributed by atoms with Crippen LogP contribution < -0.4 is 11.3 Å². The van der Waals surface area contributed by atoms with Crippen molar-refractivity contribution >= 4 is 22.5 Å². The van der Waals surface area contributed by atoms with Crippen molar-refractivity contribution in [3.63, 3.8) is 0 Å². The SMILES string of the molecule is Cc1cc(-n2c(C(C)N)nc3cccc(Cl)c3c2=O)n[nH]1. The van der Waals surface area contributed by atoms with Gasteiger partial charge in [0.2, 0.25) is 0 Å². The Morgan fingerprint density at radius 3 is 2.81 bits per heavy atom. The van der Waals surface area contributed by atoms with Crippen molar-refractivity contribution in [1.82, 2.24) is 19.7 Å². The lowest BCUT2D eigenvalue weighted by atomic mass is 10.2. The molecule has 7 heteroatoms. The Kier molecular flexibility index (Phi) is 3.27. The van der Waals surface area contributed by atoms with Crippen LogP contribution in [0.4, 0.5) is 0 Å². The first-order valence-electron chi connectivity index (χ1n) is 6.48. The first kappa shape index (κ1) is 13.8. The number of rotatable bonds is 2. The van der Waals surface area contributed by atoms with E-state index < -0.39 is 6.04 Å². The zero-order valence-corrected chi connectivity index (χ0v) is 12.3. The standard InChI is InChI=1S/C14H14ClN5O/c1-7-6-11(19-18-7)20-13(8(2)16)17-10-5-3-4-9(15)12(10)14(20)21/h3-6,8H,16H2,1-2H3,(H,18,19). The number of nitrogens with one attached hydrogen (secondary N) is 1. The minimum atomic E-state index is -0.418. The number of fused-ring (bicyclic) bond motifs is 1. The zero-order chi connectivity index (χ0) is 15.1. The van der Waals surface area contributed by atoms with Gasteiger partial charge in [-0.2, -0.15) is 5.10 Å². The molecule has 1 unspecified atom stereocenters. The summed E-state index contributed by atoms with van der Waals surface area (Å²) in [5.41, 5.74) is 7.06. The molecule has 108 valence electrons. The molecule has 0 saturated heterocycles. The van der Waals surface area contributed by atoms with E-state index in [2.05, 4.69) is 15.2 Å². The van der Waals surface area contributed by atoms with Gasteiger partial charge >= 0.3 is 0 Å². The molecule has 3 N–H and O–H groups in total. The van der Waals surface area contributed by atoms with Gasteiger partial charge in [-0.3, -0.25) is 9.89 Å². The Bertz CT molecular complexity index is 881. The van der Waals surface area contributed by atoms with Crippen LogP contribution in [0.3, 0.4) is 0 Å². The van der Waals surface area contributed by atoms with Crippen LogP contribution in [-0.4, -0.2) is 19.7 Å². The third-order valence-corrected chi connectivity index (χ3v) is 3.52. The van der Waals surface area contributed by atoms with E-state index in [0.717, 1.165) is 5.69 Å². The lowest BCUT2D eigenvalue weighted by molar-refractivity contribution is 0.688. The van der Waals surface area contributed by atoms with Crippen molar-refractivity contribution in [2.24, 2.45) is 5.73 Å². The molecule has 0 aliphatic heterocycles. The number of aromatic amines is 1. The third-order valence-electron chi connectivity index (χ3n) is 3.20. The van der Waals surface area contributed by atoms with Gasteiger partial charge in [-0.15, -0.1) is 0 Å². The van der Waals surface area contributed by atoms with Crippen molar-refractivity contribution in [3.05, 3.63) is 51.2 Å². The third kappa shape index (κ3) is 2.22. The maximum Gasteiger partial charge on any atom is 0.268 e. The van der Waals surface area contributed by atoms with Crippen LogP contribution in [0.1, 0.15) is 24.5 Å². The van der Waals surface area contributed by atoms with Crippen molar-refractivity contribution in [2.75, 3.05) is 0 Å². The highest BCUT2D eigenvalue weighted by molar-refractivity contribution is 6.35. The molecular weight excluding hydrogens is 290 g/mol. The molecule has 2 heterocycles. The van der Waals surface area contributed by atoms with E-state index in [0.29, 0.717) is 27.6 Å². The summed E-state index contributed by atoms with van der Waals surface area (Å²) in [6, 6.07) is 6.51. The highest BCUT2D eigenvalue weighted by Gasteiger charge is 2.18. The van der Waals surface area contributed by atoms with Gasteiger partial charge in [-0.05, 0) is 26.0 Å².